The minimum Gasteiger partial charge on any atom is -0.493 e. The number of amides is 1. The summed E-state index contributed by atoms with van der Waals surface area (Å²) in [7, 11) is 3.23. The van der Waals surface area contributed by atoms with Crippen molar-refractivity contribution >= 4 is 28.7 Å². The van der Waals surface area contributed by atoms with Gasteiger partial charge in [0.15, 0.2) is 11.5 Å². The second kappa shape index (κ2) is 9.05. The summed E-state index contributed by atoms with van der Waals surface area (Å²) in [5.41, 5.74) is 1.92. The lowest BCUT2D eigenvalue weighted by atomic mass is 10.2. The molecule has 2 heterocycles. The van der Waals surface area contributed by atoms with Gasteiger partial charge in [0.25, 0.3) is 0 Å². The van der Waals surface area contributed by atoms with Crippen LogP contribution in [-0.4, -0.2) is 25.1 Å². The fourth-order valence-corrected chi connectivity index (χ4v) is 3.23. The third-order valence-corrected chi connectivity index (χ3v) is 4.77. The fraction of sp³-hybridized carbons (Fsp3) is 0.200. The summed E-state index contributed by atoms with van der Waals surface area (Å²) in [5, 5.41) is 8.06. The predicted octanol–water partition coefficient (Wildman–Crippen LogP) is 3.95. The molecule has 1 amide bonds. The number of carbonyl (C=O) groups excluding carboxylic acids is 1. The van der Waals surface area contributed by atoms with Crippen LogP contribution in [0.1, 0.15) is 10.4 Å². The van der Waals surface area contributed by atoms with Gasteiger partial charge in [0, 0.05) is 11.4 Å². The molecule has 0 atom stereocenters. The first kappa shape index (κ1) is 18.7. The van der Waals surface area contributed by atoms with E-state index in [0.29, 0.717) is 30.3 Å². The molecule has 0 spiro atoms. The van der Waals surface area contributed by atoms with Crippen molar-refractivity contribution in [2.45, 2.75) is 13.0 Å². The molecule has 1 aromatic carbocycles. The van der Waals surface area contributed by atoms with Crippen LogP contribution in [-0.2, 0) is 17.8 Å². The summed E-state index contributed by atoms with van der Waals surface area (Å²) >= 11 is 1.57. The zero-order chi connectivity index (χ0) is 19.1. The Morgan fingerprint density at radius 2 is 1.96 bits per heavy atom. The normalized spacial score (nSPS) is 10.3. The van der Waals surface area contributed by atoms with Gasteiger partial charge >= 0.3 is 0 Å². The SMILES string of the molecule is COc1ccc(CNc2ccc(NC(=O)Cc3cccs3)nc2)cc1OC. The number of nitrogens with zero attached hydrogens (tertiary/aromatic N) is 1. The van der Waals surface area contributed by atoms with Crippen LogP contribution in [0.5, 0.6) is 11.5 Å². The van der Waals surface area contributed by atoms with E-state index in [2.05, 4.69) is 15.6 Å². The zero-order valence-corrected chi connectivity index (χ0v) is 16.0. The number of rotatable bonds is 8. The molecule has 140 valence electrons. The molecule has 0 radical (unpaired) electrons. The first-order valence-corrected chi connectivity index (χ1v) is 9.29. The molecule has 0 saturated heterocycles. The second-order valence-electron chi connectivity index (χ2n) is 5.78. The van der Waals surface area contributed by atoms with E-state index < -0.39 is 0 Å². The average molecular weight is 383 g/mol. The van der Waals surface area contributed by atoms with Gasteiger partial charge in [0.05, 0.1) is 32.5 Å². The third-order valence-electron chi connectivity index (χ3n) is 3.89. The number of ether oxygens (including phenoxy) is 2. The van der Waals surface area contributed by atoms with E-state index in [9.17, 15) is 4.79 Å². The zero-order valence-electron chi connectivity index (χ0n) is 15.2. The molecule has 0 fully saturated rings. The number of aromatic nitrogens is 1. The second-order valence-corrected chi connectivity index (χ2v) is 6.81. The molecule has 27 heavy (non-hydrogen) atoms. The van der Waals surface area contributed by atoms with Crippen molar-refractivity contribution in [3.8, 4) is 11.5 Å². The summed E-state index contributed by atoms with van der Waals surface area (Å²) < 4.78 is 10.6. The predicted molar refractivity (Wildman–Crippen MR) is 108 cm³/mol. The number of benzene rings is 1. The highest BCUT2D eigenvalue weighted by atomic mass is 32.1. The molecule has 0 unspecified atom stereocenters. The number of carbonyl (C=O) groups is 1. The van der Waals surface area contributed by atoms with E-state index in [-0.39, 0.29) is 5.91 Å². The lowest BCUT2D eigenvalue weighted by molar-refractivity contribution is -0.115. The van der Waals surface area contributed by atoms with Crippen LogP contribution in [0, 0.1) is 0 Å². The van der Waals surface area contributed by atoms with E-state index >= 15 is 0 Å². The maximum Gasteiger partial charge on any atom is 0.230 e. The molecule has 0 saturated carbocycles. The maximum atomic E-state index is 12.0. The molecule has 6 nitrogen and oxygen atoms in total. The highest BCUT2D eigenvalue weighted by molar-refractivity contribution is 7.10. The molecular formula is C20H21N3O3S. The summed E-state index contributed by atoms with van der Waals surface area (Å²) in [6.45, 7) is 0.617. The molecule has 0 aliphatic carbocycles. The Bertz CT molecular complexity index is 880. The average Bonchev–Trinajstić information content (AvgIpc) is 3.20. The standard InChI is InChI=1S/C20H21N3O3S/c1-25-17-7-5-14(10-18(17)26-2)12-21-15-6-8-19(22-13-15)23-20(24)11-16-4-3-9-27-16/h3-10,13,21H,11-12H2,1-2H3,(H,22,23,24). The first-order chi connectivity index (χ1) is 13.2. The number of methoxy groups -OCH3 is 2. The highest BCUT2D eigenvalue weighted by Crippen LogP contribution is 2.27. The van der Waals surface area contributed by atoms with E-state index in [1.54, 1.807) is 37.8 Å². The van der Waals surface area contributed by atoms with Crippen molar-refractivity contribution in [2.24, 2.45) is 0 Å². The lowest BCUT2D eigenvalue weighted by Crippen LogP contribution is -2.14. The number of hydrogen-bond acceptors (Lipinski definition) is 6. The molecule has 0 aliphatic heterocycles. The van der Waals surface area contributed by atoms with Crippen LogP contribution in [0.3, 0.4) is 0 Å². The van der Waals surface area contributed by atoms with Gasteiger partial charge in [0.2, 0.25) is 5.91 Å². The molecule has 0 aliphatic rings. The smallest absolute Gasteiger partial charge is 0.230 e. The van der Waals surface area contributed by atoms with Gasteiger partial charge in [-0.25, -0.2) is 4.98 Å². The number of anilines is 2. The lowest BCUT2D eigenvalue weighted by Gasteiger charge is -2.11. The van der Waals surface area contributed by atoms with Crippen LogP contribution in [0.4, 0.5) is 11.5 Å². The monoisotopic (exact) mass is 383 g/mol. The molecule has 7 heteroatoms. The summed E-state index contributed by atoms with van der Waals surface area (Å²) in [6.07, 6.45) is 2.06. The van der Waals surface area contributed by atoms with Gasteiger partial charge in [-0.3, -0.25) is 4.79 Å². The number of nitrogens with one attached hydrogen (secondary N) is 2. The van der Waals surface area contributed by atoms with Crippen LogP contribution < -0.4 is 20.1 Å². The Balaban J connectivity index is 1.54. The number of thiophene rings is 1. The Hall–Kier alpha value is -3.06. The fourth-order valence-electron chi connectivity index (χ4n) is 2.53. The van der Waals surface area contributed by atoms with E-state index in [4.69, 9.17) is 9.47 Å². The molecule has 2 aromatic heterocycles. The van der Waals surface area contributed by atoms with Gasteiger partial charge in [-0.05, 0) is 41.3 Å². The van der Waals surface area contributed by atoms with Crippen molar-refractivity contribution in [3.05, 3.63) is 64.5 Å². The first-order valence-electron chi connectivity index (χ1n) is 8.41. The third kappa shape index (κ3) is 5.21. The van der Waals surface area contributed by atoms with E-state index in [1.807, 2.05) is 41.8 Å². The summed E-state index contributed by atoms with van der Waals surface area (Å²) in [5.74, 6) is 1.86. The Kier molecular flexibility index (Phi) is 6.27. The summed E-state index contributed by atoms with van der Waals surface area (Å²) in [6, 6.07) is 13.3. The van der Waals surface area contributed by atoms with Gasteiger partial charge in [-0.15, -0.1) is 11.3 Å². The highest BCUT2D eigenvalue weighted by Gasteiger charge is 2.07. The van der Waals surface area contributed by atoms with Crippen molar-refractivity contribution < 1.29 is 14.3 Å². The summed E-state index contributed by atoms with van der Waals surface area (Å²) in [4.78, 5) is 17.3. The molecule has 3 aromatic rings. The number of pyridine rings is 1. The van der Waals surface area contributed by atoms with Gasteiger partial charge < -0.3 is 20.1 Å². The van der Waals surface area contributed by atoms with Crippen LogP contribution >= 0.6 is 11.3 Å². The Morgan fingerprint density at radius 3 is 2.63 bits per heavy atom. The largest absolute Gasteiger partial charge is 0.493 e. The Morgan fingerprint density at radius 1 is 1.11 bits per heavy atom. The number of hydrogen-bond donors (Lipinski definition) is 2. The maximum absolute atomic E-state index is 12.0. The van der Waals surface area contributed by atoms with E-state index in [1.165, 1.54) is 0 Å². The molecule has 2 N–H and O–H groups in total. The van der Waals surface area contributed by atoms with Crippen LogP contribution in [0.15, 0.2) is 54.0 Å². The Labute approximate surface area is 162 Å². The van der Waals surface area contributed by atoms with Crippen molar-refractivity contribution in [2.75, 3.05) is 24.9 Å². The van der Waals surface area contributed by atoms with Crippen molar-refractivity contribution in [3.63, 3.8) is 0 Å². The van der Waals surface area contributed by atoms with Crippen LogP contribution in [0.2, 0.25) is 0 Å². The van der Waals surface area contributed by atoms with Crippen molar-refractivity contribution in [1.29, 1.82) is 0 Å². The topological polar surface area (TPSA) is 72.5 Å². The van der Waals surface area contributed by atoms with E-state index in [0.717, 1.165) is 16.1 Å². The molecule has 3 rings (SSSR count). The molecular weight excluding hydrogens is 362 g/mol. The minimum atomic E-state index is -0.0732. The van der Waals surface area contributed by atoms with Crippen LogP contribution in [0.25, 0.3) is 0 Å². The van der Waals surface area contributed by atoms with Gasteiger partial charge in [-0.1, -0.05) is 12.1 Å². The quantitative estimate of drug-likeness (QED) is 0.616. The molecule has 0 bridgehead atoms. The van der Waals surface area contributed by atoms with Gasteiger partial charge in [-0.2, -0.15) is 0 Å². The minimum absolute atomic E-state index is 0.0732. The van der Waals surface area contributed by atoms with Gasteiger partial charge in [0.1, 0.15) is 5.82 Å². The van der Waals surface area contributed by atoms with Crippen molar-refractivity contribution in [1.82, 2.24) is 4.98 Å².